The zero-order valence-electron chi connectivity index (χ0n) is 6.89. The first-order valence-corrected chi connectivity index (χ1v) is 7.30. The maximum atomic E-state index is 11.2. The normalized spacial score (nSPS) is 41.2. The number of rotatable bonds is 0. The molecule has 0 N–H and O–H groups in total. The lowest BCUT2D eigenvalue weighted by molar-refractivity contribution is 0.243. The smallest absolute Gasteiger partial charge is 0.268 e. The van der Waals surface area contributed by atoms with Crippen LogP contribution in [0.5, 0.6) is 0 Å². The Kier molecular flexibility index (Phi) is 1.78. The molecule has 1 spiro atoms. The third-order valence-electron chi connectivity index (χ3n) is 2.50. The van der Waals surface area contributed by atoms with Gasteiger partial charge in [0.15, 0.2) is 9.84 Å². The molecule has 2 fully saturated rings. The summed E-state index contributed by atoms with van der Waals surface area (Å²) in [6.07, 6.45) is 0.411. The van der Waals surface area contributed by atoms with Gasteiger partial charge in [-0.15, -0.1) is 0 Å². The molecule has 76 valence electrons. The topological polar surface area (TPSA) is 77.5 Å². The van der Waals surface area contributed by atoms with Crippen LogP contribution in [0, 0.1) is 5.41 Å². The van der Waals surface area contributed by atoms with Crippen LogP contribution >= 0.6 is 0 Å². The van der Waals surface area contributed by atoms with E-state index in [9.17, 15) is 16.8 Å². The molecule has 0 aromatic carbocycles. The maximum absolute atomic E-state index is 11.2. The Hall–Kier alpha value is -0.140. The molecule has 0 bridgehead atoms. The highest BCUT2D eigenvalue weighted by molar-refractivity contribution is 7.92. The average molecular weight is 226 g/mol. The standard InChI is InChI=1S/C6H10O5S2/c7-12(8)2-1-6(4-12)3-11-13(9,10)5-6/h1-5H2. The average Bonchev–Trinajstić information content (AvgIpc) is 2.37. The molecule has 2 aliphatic heterocycles. The second kappa shape index (κ2) is 2.46. The monoisotopic (exact) mass is 226 g/mol. The SMILES string of the molecule is O=S1(=O)CCC2(COS(=O)(=O)C2)C1. The minimum absolute atomic E-state index is 0.0363. The van der Waals surface area contributed by atoms with Gasteiger partial charge in [0.2, 0.25) is 0 Å². The van der Waals surface area contributed by atoms with E-state index in [2.05, 4.69) is 4.18 Å². The zero-order chi connectivity index (χ0) is 9.74. The van der Waals surface area contributed by atoms with E-state index in [1.807, 2.05) is 0 Å². The maximum Gasteiger partial charge on any atom is 0.268 e. The van der Waals surface area contributed by atoms with Crippen molar-refractivity contribution in [3.05, 3.63) is 0 Å². The Morgan fingerprint density at radius 3 is 2.15 bits per heavy atom. The molecule has 2 aliphatic rings. The van der Waals surface area contributed by atoms with Gasteiger partial charge < -0.3 is 0 Å². The van der Waals surface area contributed by atoms with Crippen LogP contribution in [-0.4, -0.2) is 40.7 Å². The van der Waals surface area contributed by atoms with Gasteiger partial charge in [0.1, 0.15) is 0 Å². The Labute approximate surface area is 77.1 Å². The van der Waals surface area contributed by atoms with Crippen molar-refractivity contribution in [1.82, 2.24) is 0 Å². The fourth-order valence-electron chi connectivity index (χ4n) is 1.88. The molecule has 2 heterocycles. The van der Waals surface area contributed by atoms with Crippen molar-refractivity contribution in [3.63, 3.8) is 0 Å². The highest BCUT2D eigenvalue weighted by atomic mass is 32.2. The fraction of sp³-hybridized carbons (Fsp3) is 1.00. The van der Waals surface area contributed by atoms with Gasteiger partial charge in [-0.25, -0.2) is 8.42 Å². The second-order valence-electron chi connectivity index (χ2n) is 3.81. The van der Waals surface area contributed by atoms with Gasteiger partial charge in [0.05, 0.1) is 23.9 Å². The zero-order valence-corrected chi connectivity index (χ0v) is 8.53. The molecule has 2 saturated heterocycles. The van der Waals surface area contributed by atoms with Gasteiger partial charge in [0, 0.05) is 5.41 Å². The van der Waals surface area contributed by atoms with Crippen LogP contribution in [0.3, 0.4) is 0 Å². The van der Waals surface area contributed by atoms with Crippen LogP contribution in [0.2, 0.25) is 0 Å². The lowest BCUT2D eigenvalue weighted by Gasteiger charge is -2.14. The lowest BCUT2D eigenvalue weighted by Crippen LogP contribution is -2.26. The van der Waals surface area contributed by atoms with Crippen LogP contribution in [0.1, 0.15) is 6.42 Å². The molecule has 13 heavy (non-hydrogen) atoms. The van der Waals surface area contributed by atoms with E-state index >= 15 is 0 Å². The highest BCUT2D eigenvalue weighted by Gasteiger charge is 2.50. The molecule has 2 rings (SSSR count). The van der Waals surface area contributed by atoms with Crippen LogP contribution < -0.4 is 0 Å². The molecule has 5 nitrogen and oxygen atoms in total. The van der Waals surface area contributed by atoms with Crippen molar-refractivity contribution in [1.29, 1.82) is 0 Å². The molecule has 0 saturated carbocycles. The van der Waals surface area contributed by atoms with E-state index in [1.54, 1.807) is 0 Å². The van der Waals surface area contributed by atoms with E-state index in [4.69, 9.17) is 0 Å². The van der Waals surface area contributed by atoms with Gasteiger partial charge in [0.25, 0.3) is 10.1 Å². The molecular weight excluding hydrogens is 216 g/mol. The molecular formula is C6H10O5S2. The summed E-state index contributed by atoms with van der Waals surface area (Å²) in [5.41, 5.74) is -0.641. The van der Waals surface area contributed by atoms with E-state index in [0.29, 0.717) is 6.42 Å². The molecule has 1 atom stereocenters. The summed E-state index contributed by atoms with van der Waals surface area (Å²) in [7, 11) is -6.49. The molecule has 0 amide bonds. The first kappa shape index (κ1) is 9.42. The predicted octanol–water partition coefficient (Wildman–Crippen LogP) is -0.849. The number of sulfone groups is 1. The molecule has 1 unspecified atom stereocenters. The summed E-state index contributed by atoms with van der Waals surface area (Å²) in [6, 6.07) is 0. The van der Waals surface area contributed by atoms with Crippen molar-refractivity contribution in [2.75, 3.05) is 23.9 Å². The third kappa shape index (κ3) is 1.72. The summed E-state index contributed by atoms with van der Waals surface area (Å²) >= 11 is 0. The molecule has 7 heteroatoms. The first-order valence-electron chi connectivity index (χ1n) is 3.90. The van der Waals surface area contributed by atoms with Gasteiger partial charge >= 0.3 is 0 Å². The van der Waals surface area contributed by atoms with Crippen LogP contribution in [-0.2, 0) is 24.1 Å². The Morgan fingerprint density at radius 1 is 1.08 bits per heavy atom. The summed E-state index contributed by atoms with van der Waals surface area (Å²) in [5.74, 6) is -0.0929. The van der Waals surface area contributed by atoms with Crippen molar-refractivity contribution in [3.8, 4) is 0 Å². The number of hydrogen-bond donors (Lipinski definition) is 0. The van der Waals surface area contributed by atoms with E-state index in [1.165, 1.54) is 0 Å². The van der Waals surface area contributed by atoms with Crippen LogP contribution in [0.25, 0.3) is 0 Å². The highest BCUT2D eigenvalue weighted by Crippen LogP contribution is 2.38. The van der Waals surface area contributed by atoms with Gasteiger partial charge in [-0.05, 0) is 6.42 Å². The Balaban J connectivity index is 2.29. The van der Waals surface area contributed by atoms with Crippen LogP contribution in [0.4, 0.5) is 0 Å². The summed E-state index contributed by atoms with van der Waals surface area (Å²) < 4.78 is 48.9. The van der Waals surface area contributed by atoms with Gasteiger partial charge in [-0.3, -0.25) is 4.18 Å². The first-order chi connectivity index (χ1) is 5.83. The quantitative estimate of drug-likeness (QED) is 0.503. The van der Waals surface area contributed by atoms with E-state index < -0.39 is 25.4 Å². The summed E-state index contributed by atoms with van der Waals surface area (Å²) in [6.45, 7) is 0.0363. The Morgan fingerprint density at radius 2 is 1.77 bits per heavy atom. The summed E-state index contributed by atoms with van der Waals surface area (Å²) in [4.78, 5) is 0. The minimum atomic E-state index is -3.45. The van der Waals surface area contributed by atoms with Crippen molar-refractivity contribution >= 4 is 20.0 Å². The summed E-state index contributed by atoms with van der Waals surface area (Å²) in [5, 5.41) is 0. The van der Waals surface area contributed by atoms with E-state index in [-0.39, 0.29) is 23.9 Å². The van der Waals surface area contributed by atoms with E-state index in [0.717, 1.165) is 0 Å². The molecule has 0 aromatic heterocycles. The molecule has 0 aromatic rings. The number of hydrogen-bond acceptors (Lipinski definition) is 5. The van der Waals surface area contributed by atoms with Gasteiger partial charge in [-0.1, -0.05) is 0 Å². The fourth-order valence-corrected chi connectivity index (χ4v) is 5.76. The minimum Gasteiger partial charge on any atom is -0.269 e. The molecule has 0 aliphatic carbocycles. The van der Waals surface area contributed by atoms with Crippen molar-refractivity contribution in [2.24, 2.45) is 5.41 Å². The second-order valence-corrected chi connectivity index (χ2v) is 7.63. The Bertz CT molecular complexity index is 376. The third-order valence-corrected chi connectivity index (χ3v) is 5.82. The van der Waals surface area contributed by atoms with Crippen LogP contribution in [0.15, 0.2) is 0 Å². The van der Waals surface area contributed by atoms with Crippen molar-refractivity contribution in [2.45, 2.75) is 6.42 Å². The van der Waals surface area contributed by atoms with Crippen molar-refractivity contribution < 1.29 is 21.0 Å². The largest absolute Gasteiger partial charge is 0.269 e. The predicted molar refractivity (Wildman–Crippen MR) is 45.4 cm³/mol. The lowest BCUT2D eigenvalue weighted by atomic mass is 9.92. The van der Waals surface area contributed by atoms with Gasteiger partial charge in [-0.2, -0.15) is 8.42 Å². The molecule has 0 radical (unpaired) electrons.